The number of hydrogen-bond donors (Lipinski definition) is 2. The fourth-order valence-corrected chi connectivity index (χ4v) is 2.93. The molecule has 21 heavy (non-hydrogen) atoms. The smallest absolute Gasteiger partial charge is 0.320 e. The van der Waals surface area contributed by atoms with Crippen LogP contribution in [0.4, 0.5) is 0 Å². The molecule has 0 saturated heterocycles. The average Bonchev–Trinajstić information content (AvgIpc) is 2.45. The molecule has 1 atom stereocenters. The van der Waals surface area contributed by atoms with E-state index in [1.807, 2.05) is 0 Å². The van der Waals surface area contributed by atoms with Crippen molar-refractivity contribution in [2.75, 3.05) is 19.9 Å². The normalized spacial score (nSPS) is 13.1. The first-order valence-electron chi connectivity index (χ1n) is 6.32. The molecule has 3 N–H and O–H groups in total. The SMILES string of the molecule is COc1ccccc1CN(C)S(=O)(=O)CC[C@H](N)C(=O)O. The Bertz CT molecular complexity index is 588. The van der Waals surface area contributed by atoms with Gasteiger partial charge in [-0.3, -0.25) is 4.79 Å². The molecule has 8 heteroatoms. The van der Waals surface area contributed by atoms with Crippen molar-refractivity contribution in [1.29, 1.82) is 0 Å². The Morgan fingerprint density at radius 1 is 1.43 bits per heavy atom. The van der Waals surface area contributed by atoms with Gasteiger partial charge >= 0.3 is 5.97 Å². The maximum absolute atomic E-state index is 12.1. The predicted molar refractivity (Wildman–Crippen MR) is 78.5 cm³/mol. The van der Waals surface area contributed by atoms with Crippen molar-refractivity contribution in [1.82, 2.24) is 4.31 Å². The Hall–Kier alpha value is -1.64. The van der Waals surface area contributed by atoms with Crippen LogP contribution in [0.3, 0.4) is 0 Å². The Balaban J connectivity index is 2.73. The van der Waals surface area contributed by atoms with E-state index in [1.54, 1.807) is 24.3 Å². The highest BCUT2D eigenvalue weighted by molar-refractivity contribution is 7.89. The van der Waals surface area contributed by atoms with E-state index in [0.29, 0.717) is 5.75 Å². The van der Waals surface area contributed by atoms with Crippen molar-refractivity contribution in [2.24, 2.45) is 5.73 Å². The Morgan fingerprint density at radius 3 is 2.62 bits per heavy atom. The third kappa shape index (κ3) is 5.00. The summed E-state index contributed by atoms with van der Waals surface area (Å²) in [6.07, 6.45) is -0.131. The Labute approximate surface area is 124 Å². The minimum atomic E-state index is -3.58. The van der Waals surface area contributed by atoms with Crippen LogP contribution >= 0.6 is 0 Å². The van der Waals surface area contributed by atoms with E-state index >= 15 is 0 Å². The first kappa shape index (κ1) is 17.4. The van der Waals surface area contributed by atoms with Crippen LogP contribution in [0.5, 0.6) is 5.75 Å². The minimum absolute atomic E-state index is 0.131. The fraction of sp³-hybridized carbons (Fsp3) is 0.462. The molecule has 1 aromatic rings. The van der Waals surface area contributed by atoms with Crippen LogP contribution in [0, 0.1) is 0 Å². The highest BCUT2D eigenvalue weighted by atomic mass is 32.2. The van der Waals surface area contributed by atoms with Gasteiger partial charge in [0.05, 0.1) is 12.9 Å². The van der Waals surface area contributed by atoms with E-state index in [9.17, 15) is 13.2 Å². The van der Waals surface area contributed by atoms with Crippen LogP contribution in [0.2, 0.25) is 0 Å². The number of nitrogens with two attached hydrogens (primary N) is 1. The average molecular weight is 316 g/mol. The number of benzene rings is 1. The number of nitrogens with zero attached hydrogens (tertiary/aromatic N) is 1. The monoisotopic (exact) mass is 316 g/mol. The molecule has 0 aromatic heterocycles. The topological polar surface area (TPSA) is 110 Å². The molecule has 0 amide bonds. The van der Waals surface area contributed by atoms with Gasteiger partial charge in [-0.25, -0.2) is 12.7 Å². The van der Waals surface area contributed by atoms with Crippen molar-refractivity contribution in [3.63, 3.8) is 0 Å². The summed E-state index contributed by atoms with van der Waals surface area (Å²) in [5.41, 5.74) is 6.05. The summed E-state index contributed by atoms with van der Waals surface area (Å²) in [6, 6.07) is 5.92. The summed E-state index contributed by atoms with van der Waals surface area (Å²) < 4.78 is 30.5. The van der Waals surface area contributed by atoms with Gasteiger partial charge in [0.25, 0.3) is 0 Å². The van der Waals surface area contributed by atoms with E-state index in [0.717, 1.165) is 5.56 Å². The van der Waals surface area contributed by atoms with Gasteiger partial charge in [-0.15, -0.1) is 0 Å². The maximum atomic E-state index is 12.1. The van der Waals surface area contributed by atoms with Crippen molar-refractivity contribution >= 4 is 16.0 Å². The van der Waals surface area contributed by atoms with Gasteiger partial charge in [-0.05, 0) is 12.5 Å². The third-order valence-corrected chi connectivity index (χ3v) is 4.89. The van der Waals surface area contributed by atoms with Gasteiger partial charge in [0.1, 0.15) is 11.8 Å². The highest BCUT2D eigenvalue weighted by Crippen LogP contribution is 2.20. The zero-order valence-corrected chi connectivity index (χ0v) is 12.8. The fourth-order valence-electron chi connectivity index (χ4n) is 1.73. The van der Waals surface area contributed by atoms with E-state index in [-0.39, 0.29) is 18.7 Å². The summed E-state index contributed by atoms with van der Waals surface area (Å²) in [5, 5.41) is 8.67. The summed E-state index contributed by atoms with van der Waals surface area (Å²) in [7, 11) is -0.626. The van der Waals surface area contributed by atoms with E-state index < -0.39 is 22.0 Å². The highest BCUT2D eigenvalue weighted by Gasteiger charge is 2.22. The van der Waals surface area contributed by atoms with Gasteiger partial charge in [0.2, 0.25) is 10.0 Å². The lowest BCUT2D eigenvalue weighted by Crippen LogP contribution is -2.35. The van der Waals surface area contributed by atoms with Crippen LogP contribution in [0.25, 0.3) is 0 Å². The summed E-state index contributed by atoms with van der Waals surface area (Å²) in [6.45, 7) is 0.147. The molecule has 1 rings (SSSR count). The van der Waals surface area contributed by atoms with E-state index in [1.165, 1.54) is 18.5 Å². The lowest BCUT2D eigenvalue weighted by molar-refractivity contribution is -0.138. The van der Waals surface area contributed by atoms with Crippen molar-refractivity contribution in [3.05, 3.63) is 29.8 Å². The predicted octanol–water partition coefficient (Wildman–Crippen LogP) is 0.259. The van der Waals surface area contributed by atoms with Crippen molar-refractivity contribution in [2.45, 2.75) is 19.0 Å². The molecule has 0 heterocycles. The van der Waals surface area contributed by atoms with Crippen LogP contribution in [0.1, 0.15) is 12.0 Å². The maximum Gasteiger partial charge on any atom is 0.320 e. The largest absolute Gasteiger partial charge is 0.496 e. The lowest BCUT2D eigenvalue weighted by Gasteiger charge is -2.19. The molecule has 7 nitrogen and oxygen atoms in total. The number of carboxylic acids is 1. The molecule has 0 radical (unpaired) electrons. The number of ether oxygens (including phenoxy) is 1. The first-order chi connectivity index (χ1) is 9.77. The van der Waals surface area contributed by atoms with Gasteiger partial charge in [-0.1, -0.05) is 18.2 Å². The number of carbonyl (C=O) groups is 1. The number of hydrogen-bond acceptors (Lipinski definition) is 5. The molecule has 0 unspecified atom stereocenters. The zero-order chi connectivity index (χ0) is 16.0. The van der Waals surface area contributed by atoms with Crippen molar-refractivity contribution < 1.29 is 23.1 Å². The lowest BCUT2D eigenvalue weighted by atomic mass is 10.2. The number of carboxylic acid groups (broad SMARTS) is 1. The summed E-state index contributed by atoms with van der Waals surface area (Å²) >= 11 is 0. The number of aliphatic carboxylic acids is 1. The molecular weight excluding hydrogens is 296 g/mol. The van der Waals surface area contributed by atoms with Gasteiger partial charge < -0.3 is 15.6 Å². The molecule has 118 valence electrons. The molecule has 1 aromatic carbocycles. The van der Waals surface area contributed by atoms with Gasteiger partial charge in [-0.2, -0.15) is 0 Å². The summed E-state index contributed by atoms with van der Waals surface area (Å²) in [5.74, 6) is -0.925. The molecule has 0 aliphatic rings. The number of para-hydroxylation sites is 1. The van der Waals surface area contributed by atoms with E-state index in [2.05, 4.69) is 0 Å². The number of rotatable bonds is 8. The number of sulfonamides is 1. The Kier molecular flexibility index (Phi) is 6.13. The molecule has 0 aliphatic carbocycles. The quantitative estimate of drug-likeness (QED) is 0.712. The second kappa shape index (κ2) is 7.39. The van der Waals surface area contributed by atoms with Crippen LogP contribution < -0.4 is 10.5 Å². The first-order valence-corrected chi connectivity index (χ1v) is 7.93. The Morgan fingerprint density at radius 2 is 2.05 bits per heavy atom. The summed E-state index contributed by atoms with van der Waals surface area (Å²) in [4.78, 5) is 10.6. The van der Waals surface area contributed by atoms with Crippen LogP contribution in [0.15, 0.2) is 24.3 Å². The standard InChI is InChI=1S/C13H20N2O5S/c1-15(9-10-5-3-4-6-12(10)20-2)21(18,19)8-7-11(14)13(16)17/h3-6,11H,7-9,14H2,1-2H3,(H,16,17)/t11-/m0/s1. The van der Waals surface area contributed by atoms with Crippen LogP contribution in [-0.2, 0) is 21.4 Å². The van der Waals surface area contributed by atoms with Gasteiger partial charge in [0.15, 0.2) is 0 Å². The zero-order valence-electron chi connectivity index (χ0n) is 12.0. The molecule has 0 bridgehead atoms. The molecule has 0 aliphatic heterocycles. The van der Waals surface area contributed by atoms with E-state index in [4.69, 9.17) is 15.6 Å². The van der Waals surface area contributed by atoms with Gasteiger partial charge in [0, 0.05) is 19.2 Å². The van der Waals surface area contributed by atoms with Crippen LogP contribution in [-0.4, -0.2) is 49.8 Å². The molecule has 0 spiro atoms. The third-order valence-electron chi connectivity index (χ3n) is 3.06. The second-order valence-electron chi connectivity index (χ2n) is 4.62. The second-order valence-corrected chi connectivity index (χ2v) is 6.81. The number of methoxy groups -OCH3 is 1. The molecule has 0 fully saturated rings. The van der Waals surface area contributed by atoms with Crippen molar-refractivity contribution in [3.8, 4) is 5.75 Å². The molecular formula is C13H20N2O5S. The molecule has 0 saturated carbocycles. The minimum Gasteiger partial charge on any atom is -0.496 e.